The van der Waals surface area contributed by atoms with Crippen molar-refractivity contribution in [2.75, 3.05) is 0 Å². The number of para-hydroxylation sites is 1. The van der Waals surface area contributed by atoms with Crippen molar-refractivity contribution in [3.63, 3.8) is 0 Å². The Morgan fingerprint density at radius 3 is 2.56 bits per heavy atom. The third kappa shape index (κ3) is 1.77. The van der Waals surface area contributed by atoms with Crippen LogP contribution in [0.1, 0.15) is 44.9 Å². The summed E-state index contributed by atoms with van der Waals surface area (Å²) in [6, 6.07) is 20.3. The summed E-state index contributed by atoms with van der Waals surface area (Å²) < 4.78 is 4.54. The van der Waals surface area contributed by atoms with Crippen LogP contribution in [-0.2, 0) is 5.41 Å². The van der Waals surface area contributed by atoms with Gasteiger partial charge in [0.15, 0.2) is 0 Å². The Morgan fingerprint density at radius 2 is 1.76 bits per heavy atom. The van der Waals surface area contributed by atoms with Crippen molar-refractivity contribution in [3.8, 4) is 5.69 Å². The smallest absolute Gasteiger partial charge is 0.244 e. The number of hydrogen-bond donors (Lipinski definition) is 0. The number of imidazole rings is 1. The Balaban J connectivity index is 2.02. The van der Waals surface area contributed by atoms with Gasteiger partial charge in [0, 0.05) is 5.41 Å². The molecule has 5 rings (SSSR count). The highest BCUT2D eigenvalue weighted by atomic mass is 15.2. The molecule has 0 atom stereocenters. The molecule has 124 valence electrons. The van der Waals surface area contributed by atoms with Gasteiger partial charge in [0.2, 0.25) is 6.33 Å². The van der Waals surface area contributed by atoms with Gasteiger partial charge < -0.3 is 9.13 Å². The van der Waals surface area contributed by atoms with Gasteiger partial charge in [-0.1, -0.05) is 68.4 Å². The van der Waals surface area contributed by atoms with Gasteiger partial charge in [0.1, 0.15) is 0 Å². The van der Waals surface area contributed by atoms with Crippen LogP contribution < -0.4 is 4.57 Å². The number of nitrogens with zero attached hydrogens (tertiary/aromatic N) is 2. The van der Waals surface area contributed by atoms with E-state index in [1.807, 2.05) is 0 Å². The van der Waals surface area contributed by atoms with E-state index in [0.717, 1.165) is 0 Å². The lowest BCUT2D eigenvalue weighted by Gasteiger charge is -2.36. The Labute approximate surface area is 148 Å². The first-order valence-electron chi connectivity index (χ1n) is 9.01. The predicted molar refractivity (Wildman–Crippen MR) is 102 cm³/mol. The fourth-order valence-corrected chi connectivity index (χ4v) is 4.48. The van der Waals surface area contributed by atoms with Crippen molar-refractivity contribution in [2.24, 2.45) is 0 Å². The predicted octanol–water partition coefficient (Wildman–Crippen LogP) is 5.09. The molecule has 0 saturated carbocycles. The zero-order valence-corrected chi connectivity index (χ0v) is 15.2. The molecule has 0 amide bonds. The van der Waals surface area contributed by atoms with E-state index in [-0.39, 0.29) is 5.41 Å². The van der Waals surface area contributed by atoms with Crippen molar-refractivity contribution in [2.45, 2.75) is 39.2 Å². The molecule has 0 aliphatic carbocycles. The summed E-state index contributed by atoms with van der Waals surface area (Å²) >= 11 is 0. The number of benzene rings is 3. The molecule has 0 fully saturated rings. The summed E-state index contributed by atoms with van der Waals surface area (Å²) in [6.45, 7) is 9.14. The number of fused-ring (bicyclic) bond motifs is 4. The molecule has 1 aromatic heterocycles. The molecule has 2 nitrogen and oxygen atoms in total. The molecule has 25 heavy (non-hydrogen) atoms. The van der Waals surface area contributed by atoms with Crippen molar-refractivity contribution in [1.29, 1.82) is 0 Å². The van der Waals surface area contributed by atoms with Gasteiger partial charge in [-0.2, -0.15) is 0 Å². The molecule has 0 N–H and O–H groups in total. The minimum atomic E-state index is -0.0489. The van der Waals surface area contributed by atoms with Crippen LogP contribution in [0.3, 0.4) is 0 Å². The number of aromatic nitrogens is 2. The van der Waals surface area contributed by atoms with Crippen LogP contribution in [0.15, 0.2) is 54.6 Å². The quantitative estimate of drug-likeness (QED) is 0.340. The normalized spacial score (nSPS) is 15.1. The molecule has 0 bridgehead atoms. The summed E-state index contributed by atoms with van der Waals surface area (Å²) in [5.41, 5.74) is 6.54. The van der Waals surface area contributed by atoms with Gasteiger partial charge in [0.05, 0.1) is 22.8 Å². The number of rotatable bonds is 1. The van der Waals surface area contributed by atoms with Crippen molar-refractivity contribution < 1.29 is 4.57 Å². The Kier molecular flexibility index (Phi) is 2.78. The van der Waals surface area contributed by atoms with Crippen molar-refractivity contribution >= 4 is 21.8 Å². The standard InChI is InChI=1S/C23H22N2/c1-15(2)24-14-25-19-13-12-16-8-5-6-9-17(16)21(19)23(3,4)18-10-7-11-20(24)22(18)25/h5-13,15H,1-4H3. The lowest BCUT2D eigenvalue weighted by atomic mass is 9.73. The van der Waals surface area contributed by atoms with Gasteiger partial charge in [0.25, 0.3) is 0 Å². The van der Waals surface area contributed by atoms with Gasteiger partial charge >= 0.3 is 0 Å². The van der Waals surface area contributed by atoms with Crippen LogP contribution in [0.2, 0.25) is 0 Å². The molecule has 0 unspecified atom stereocenters. The lowest BCUT2D eigenvalue weighted by molar-refractivity contribution is -0.575. The summed E-state index contributed by atoms with van der Waals surface area (Å²) in [6.07, 6.45) is 3.62. The van der Waals surface area contributed by atoms with E-state index in [4.69, 9.17) is 0 Å². The van der Waals surface area contributed by atoms with Crippen LogP contribution >= 0.6 is 0 Å². The maximum Gasteiger partial charge on any atom is 0.244 e. The molecule has 2 heteroatoms. The number of hydrogen-bond acceptors (Lipinski definition) is 0. The average Bonchev–Trinajstić information content (AvgIpc) is 3.00. The molecule has 1 aliphatic heterocycles. The van der Waals surface area contributed by atoms with Crippen molar-refractivity contribution in [3.05, 3.63) is 72.1 Å². The van der Waals surface area contributed by atoms with E-state index < -0.39 is 0 Å². The zero-order chi connectivity index (χ0) is 17.3. The van der Waals surface area contributed by atoms with Crippen LogP contribution in [0.5, 0.6) is 0 Å². The first-order chi connectivity index (χ1) is 12.0. The Morgan fingerprint density at radius 1 is 0.960 bits per heavy atom. The van der Waals surface area contributed by atoms with Gasteiger partial charge in [-0.25, -0.2) is 0 Å². The fraction of sp³-hybridized carbons (Fsp3) is 0.261. The molecule has 2 heterocycles. The molecule has 3 aromatic carbocycles. The van der Waals surface area contributed by atoms with E-state index in [2.05, 4.69) is 97.8 Å². The average molecular weight is 326 g/mol. The monoisotopic (exact) mass is 326 g/mol. The van der Waals surface area contributed by atoms with Gasteiger partial charge in [-0.3, -0.25) is 0 Å². The molecule has 0 spiro atoms. The summed E-state index contributed by atoms with van der Waals surface area (Å²) in [7, 11) is 0. The largest absolute Gasteiger partial charge is 0.319 e. The van der Waals surface area contributed by atoms with E-state index in [1.165, 1.54) is 38.6 Å². The SMILES string of the molecule is CC(C)n1[c-][n+]2c3c(cccc31)C(C)(C)c1c-2ccc2ccccc12. The molecular weight excluding hydrogens is 304 g/mol. The maximum absolute atomic E-state index is 3.62. The van der Waals surface area contributed by atoms with Crippen LogP contribution in [0, 0.1) is 6.33 Å². The highest BCUT2D eigenvalue weighted by Crippen LogP contribution is 2.44. The first kappa shape index (κ1) is 14.7. The van der Waals surface area contributed by atoms with Crippen molar-refractivity contribution in [1.82, 2.24) is 4.57 Å². The fourth-order valence-electron chi connectivity index (χ4n) is 4.48. The van der Waals surface area contributed by atoms with E-state index in [1.54, 1.807) is 0 Å². The summed E-state index contributed by atoms with van der Waals surface area (Å²) in [5, 5.41) is 2.64. The molecule has 0 radical (unpaired) electrons. The van der Waals surface area contributed by atoms with E-state index in [0.29, 0.717) is 6.04 Å². The minimum Gasteiger partial charge on any atom is -0.319 e. The first-order valence-corrected chi connectivity index (χ1v) is 9.01. The van der Waals surface area contributed by atoms with Crippen LogP contribution in [-0.4, -0.2) is 4.57 Å². The second-order valence-corrected chi connectivity index (χ2v) is 7.88. The summed E-state index contributed by atoms with van der Waals surface area (Å²) in [4.78, 5) is 0. The van der Waals surface area contributed by atoms with E-state index >= 15 is 0 Å². The van der Waals surface area contributed by atoms with Gasteiger partial charge in [-0.05, 0) is 35.7 Å². The molecule has 4 aromatic rings. The van der Waals surface area contributed by atoms with E-state index in [9.17, 15) is 0 Å². The zero-order valence-electron chi connectivity index (χ0n) is 15.2. The third-order valence-electron chi connectivity index (χ3n) is 5.67. The minimum absolute atomic E-state index is 0.0489. The second kappa shape index (κ2) is 4.72. The molecular formula is C23H22N2. The third-order valence-corrected chi connectivity index (χ3v) is 5.67. The van der Waals surface area contributed by atoms with Crippen LogP contribution in [0.4, 0.5) is 0 Å². The second-order valence-electron chi connectivity index (χ2n) is 7.88. The highest BCUT2D eigenvalue weighted by molar-refractivity contribution is 5.92. The van der Waals surface area contributed by atoms with Gasteiger partial charge in [-0.15, -0.1) is 0 Å². The lowest BCUT2D eigenvalue weighted by Crippen LogP contribution is -2.41. The Hall–Kier alpha value is -2.61. The van der Waals surface area contributed by atoms with Crippen LogP contribution in [0.25, 0.3) is 27.5 Å². The molecule has 0 saturated heterocycles. The highest BCUT2D eigenvalue weighted by Gasteiger charge is 2.34. The topological polar surface area (TPSA) is 8.81 Å². The Bertz CT molecular complexity index is 1150. The maximum atomic E-state index is 3.62. The summed E-state index contributed by atoms with van der Waals surface area (Å²) in [5.74, 6) is 0. The molecule has 1 aliphatic rings.